The molecule has 0 radical (unpaired) electrons. The van der Waals surface area contributed by atoms with Gasteiger partial charge in [0.2, 0.25) is 10.0 Å². The SMILES string of the molecule is COC1CN(CCCS(N)(=O)=O)CC1OC. The maximum atomic E-state index is 10.8. The van der Waals surface area contributed by atoms with E-state index >= 15 is 0 Å². The Labute approximate surface area is 96.7 Å². The Bertz CT molecular complexity index is 295. The minimum atomic E-state index is -3.34. The zero-order valence-corrected chi connectivity index (χ0v) is 10.6. The van der Waals surface area contributed by atoms with Crippen LogP contribution < -0.4 is 5.14 Å². The molecule has 7 heteroatoms. The van der Waals surface area contributed by atoms with Crippen LogP contribution in [-0.2, 0) is 19.5 Å². The molecule has 0 saturated carbocycles. The fraction of sp³-hybridized carbons (Fsp3) is 1.00. The smallest absolute Gasteiger partial charge is 0.209 e. The molecule has 0 bridgehead atoms. The van der Waals surface area contributed by atoms with Crippen molar-refractivity contribution in [3.63, 3.8) is 0 Å². The highest BCUT2D eigenvalue weighted by Crippen LogP contribution is 2.15. The van der Waals surface area contributed by atoms with E-state index in [0.717, 1.165) is 13.1 Å². The van der Waals surface area contributed by atoms with E-state index in [2.05, 4.69) is 4.90 Å². The molecule has 16 heavy (non-hydrogen) atoms. The summed E-state index contributed by atoms with van der Waals surface area (Å²) in [7, 11) is -0.0286. The number of ether oxygens (including phenoxy) is 2. The van der Waals surface area contributed by atoms with Crippen LogP contribution >= 0.6 is 0 Å². The van der Waals surface area contributed by atoms with Gasteiger partial charge in [0, 0.05) is 27.3 Å². The molecule has 1 rings (SSSR count). The number of likely N-dealkylation sites (tertiary alicyclic amines) is 1. The third-order valence-electron chi connectivity index (χ3n) is 2.80. The average molecular weight is 252 g/mol. The summed E-state index contributed by atoms with van der Waals surface area (Å²) in [6, 6.07) is 0. The molecule has 0 aromatic heterocycles. The molecular formula is C9H20N2O4S. The monoisotopic (exact) mass is 252 g/mol. The van der Waals surface area contributed by atoms with Crippen molar-refractivity contribution in [2.45, 2.75) is 18.6 Å². The Balaban J connectivity index is 2.30. The van der Waals surface area contributed by atoms with Crippen molar-refractivity contribution in [1.82, 2.24) is 4.90 Å². The quantitative estimate of drug-likeness (QED) is 0.656. The summed E-state index contributed by atoms with van der Waals surface area (Å²) in [5.74, 6) is 0.0266. The van der Waals surface area contributed by atoms with Gasteiger partial charge in [-0.25, -0.2) is 13.6 Å². The number of methoxy groups -OCH3 is 2. The Hall–Kier alpha value is -0.210. The molecule has 1 fully saturated rings. The normalized spacial score (nSPS) is 27.4. The Morgan fingerprint density at radius 3 is 2.12 bits per heavy atom. The van der Waals surface area contributed by atoms with Crippen LogP contribution in [0.1, 0.15) is 6.42 Å². The van der Waals surface area contributed by atoms with E-state index in [-0.39, 0.29) is 18.0 Å². The molecule has 2 unspecified atom stereocenters. The summed E-state index contributed by atoms with van der Waals surface area (Å²) in [4.78, 5) is 2.13. The maximum Gasteiger partial charge on any atom is 0.209 e. The van der Waals surface area contributed by atoms with E-state index in [0.29, 0.717) is 13.0 Å². The zero-order valence-electron chi connectivity index (χ0n) is 9.76. The largest absolute Gasteiger partial charge is 0.377 e. The molecule has 0 amide bonds. The van der Waals surface area contributed by atoms with E-state index in [4.69, 9.17) is 14.6 Å². The van der Waals surface area contributed by atoms with Gasteiger partial charge in [-0.15, -0.1) is 0 Å². The minimum Gasteiger partial charge on any atom is -0.377 e. The molecule has 96 valence electrons. The van der Waals surface area contributed by atoms with Crippen LogP contribution in [0.2, 0.25) is 0 Å². The topological polar surface area (TPSA) is 81.9 Å². The molecule has 0 aromatic rings. The highest BCUT2D eigenvalue weighted by Gasteiger charge is 2.32. The molecule has 1 aliphatic heterocycles. The molecule has 0 spiro atoms. The summed E-state index contributed by atoms with van der Waals surface area (Å²) >= 11 is 0. The molecule has 2 atom stereocenters. The standard InChI is InChI=1S/C9H20N2O4S/c1-14-8-6-11(7-9(8)15-2)4-3-5-16(10,12)13/h8-9H,3-7H2,1-2H3,(H2,10,12,13). The highest BCUT2D eigenvalue weighted by atomic mass is 32.2. The van der Waals surface area contributed by atoms with Crippen LogP contribution in [-0.4, -0.2) is 65.1 Å². The molecular weight excluding hydrogens is 232 g/mol. The third kappa shape index (κ3) is 4.34. The van der Waals surface area contributed by atoms with Gasteiger partial charge in [-0.05, 0) is 13.0 Å². The number of nitrogens with zero attached hydrogens (tertiary/aromatic N) is 1. The summed E-state index contributed by atoms with van der Waals surface area (Å²) < 4.78 is 32.1. The molecule has 0 aliphatic carbocycles. The van der Waals surface area contributed by atoms with Gasteiger partial charge in [-0.3, -0.25) is 4.90 Å². The lowest BCUT2D eigenvalue weighted by Gasteiger charge is -2.14. The molecule has 1 aliphatic rings. The molecule has 2 N–H and O–H groups in total. The van der Waals surface area contributed by atoms with Crippen molar-refractivity contribution in [2.75, 3.05) is 39.6 Å². The van der Waals surface area contributed by atoms with Crippen molar-refractivity contribution in [2.24, 2.45) is 5.14 Å². The van der Waals surface area contributed by atoms with Crippen molar-refractivity contribution in [3.05, 3.63) is 0 Å². The van der Waals surface area contributed by atoms with Crippen molar-refractivity contribution >= 4 is 10.0 Å². The number of primary sulfonamides is 1. The second kappa shape index (κ2) is 5.92. The average Bonchev–Trinajstić information content (AvgIpc) is 2.58. The van der Waals surface area contributed by atoms with Crippen molar-refractivity contribution < 1.29 is 17.9 Å². The van der Waals surface area contributed by atoms with E-state index in [1.165, 1.54) is 0 Å². The number of rotatable bonds is 6. The van der Waals surface area contributed by atoms with Gasteiger partial charge in [0.1, 0.15) is 0 Å². The summed E-state index contributed by atoms with van der Waals surface area (Å²) in [6.07, 6.45) is 0.685. The van der Waals surface area contributed by atoms with Crippen LogP contribution in [0.25, 0.3) is 0 Å². The first-order valence-corrected chi connectivity index (χ1v) is 6.96. The maximum absolute atomic E-state index is 10.8. The number of nitrogens with two attached hydrogens (primary N) is 1. The Morgan fingerprint density at radius 1 is 1.25 bits per heavy atom. The molecule has 0 aromatic carbocycles. The van der Waals surface area contributed by atoms with Gasteiger partial charge >= 0.3 is 0 Å². The lowest BCUT2D eigenvalue weighted by atomic mass is 10.3. The molecule has 1 heterocycles. The van der Waals surface area contributed by atoms with Crippen LogP contribution in [0.3, 0.4) is 0 Å². The van der Waals surface area contributed by atoms with Gasteiger partial charge in [0.25, 0.3) is 0 Å². The minimum absolute atomic E-state index is 0.0266. The second-order valence-electron chi connectivity index (χ2n) is 4.03. The first-order chi connectivity index (χ1) is 7.46. The summed E-state index contributed by atoms with van der Waals surface area (Å²) in [5, 5.41) is 4.93. The first-order valence-electron chi connectivity index (χ1n) is 5.24. The van der Waals surface area contributed by atoms with Crippen molar-refractivity contribution in [3.8, 4) is 0 Å². The highest BCUT2D eigenvalue weighted by molar-refractivity contribution is 7.89. The fourth-order valence-electron chi connectivity index (χ4n) is 1.94. The fourth-order valence-corrected chi connectivity index (χ4v) is 2.47. The Kier molecular flexibility index (Phi) is 5.13. The van der Waals surface area contributed by atoms with E-state index < -0.39 is 10.0 Å². The predicted octanol–water partition coefficient (Wildman–Crippen LogP) is -0.989. The van der Waals surface area contributed by atoms with Gasteiger partial charge < -0.3 is 9.47 Å². The molecule has 1 saturated heterocycles. The van der Waals surface area contributed by atoms with E-state index in [9.17, 15) is 8.42 Å². The second-order valence-corrected chi connectivity index (χ2v) is 5.76. The van der Waals surface area contributed by atoms with Crippen LogP contribution in [0.15, 0.2) is 0 Å². The van der Waals surface area contributed by atoms with Crippen molar-refractivity contribution in [1.29, 1.82) is 0 Å². The summed E-state index contributed by atoms with van der Waals surface area (Å²) in [5.41, 5.74) is 0. The van der Waals surface area contributed by atoms with Crippen LogP contribution in [0, 0.1) is 0 Å². The van der Waals surface area contributed by atoms with Crippen LogP contribution in [0.4, 0.5) is 0 Å². The van der Waals surface area contributed by atoms with Gasteiger partial charge in [-0.1, -0.05) is 0 Å². The third-order valence-corrected chi connectivity index (χ3v) is 3.66. The van der Waals surface area contributed by atoms with Gasteiger partial charge in [0.05, 0.1) is 18.0 Å². The summed E-state index contributed by atoms with van der Waals surface area (Å²) in [6.45, 7) is 2.26. The van der Waals surface area contributed by atoms with Gasteiger partial charge in [0.15, 0.2) is 0 Å². The lowest BCUT2D eigenvalue weighted by molar-refractivity contribution is -0.00461. The first kappa shape index (κ1) is 13.9. The van der Waals surface area contributed by atoms with Crippen LogP contribution in [0.5, 0.6) is 0 Å². The van der Waals surface area contributed by atoms with E-state index in [1.807, 2.05) is 0 Å². The number of sulfonamides is 1. The van der Waals surface area contributed by atoms with Gasteiger partial charge in [-0.2, -0.15) is 0 Å². The number of hydrogen-bond acceptors (Lipinski definition) is 5. The molecule has 6 nitrogen and oxygen atoms in total. The number of hydrogen-bond donors (Lipinski definition) is 1. The Morgan fingerprint density at radius 2 is 1.75 bits per heavy atom. The lowest BCUT2D eigenvalue weighted by Crippen LogP contribution is -2.27. The predicted molar refractivity (Wildman–Crippen MR) is 60.6 cm³/mol. The zero-order chi connectivity index (χ0) is 12.2. The van der Waals surface area contributed by atoms with E-state index in [1.54, 1.807) is 14.2 Å².